The van der Waals surface area contributed by atoms with E-state index in [-0.39, 0.29) is 22.7 Å². The summed E-state index contributed by atoms with van der Waals surface area (Å²) in [4.78, 5) is 13.7. The third kappa shape index (κ3) is 3.97. The Morgan fingerprint density at radius 1 is 1.32 bits per heavy atom. The molecule has 3 atom stereocenters. The van der Waals surface area contributed by atoms with Crippen molar-refractivity contribution in [1.29, 1.82) is 0 Å². The molecule has 2 rings (SSSR count). The van der Waals surface area contributed by atoms with Gasteiger partial charge in [-0.3, -0.25) is 4.79 Å². The highest BCUT2D eigenvalue weighted by atomic mass is 32.2. The molecule has 4 nitrogen and oxygen atoms in total. The molecule has 1 N–H and O–H groups in total. The Morgan fingerprint density at radius 3 is 2.50 bits per heavy atom. The van der Waals surface area contributed by atoms with Crippen LogP contribution >= 0.6 is 11.3 Å². The van der Waals surface area contributed by atoms with Gasteiger partial charge < -0.3 is 4.74 Å². The first kappa shape index (κ1) is 17.6. The van der Waals surface area contributed by atoms with E-state index >= 15 is 0 Å². The number of ether oxygens (including phenoxy) is 1. The summed E-state index contributed by atoms with van der Waals surface area (Å²) >= 11 is 1.64. The van der Waals surface area contributed by atoms with Crippen LogP contribution in [0.4, 0.5) is 0 Å². The zero-order chi connectivity index (χ0) is 16.7. The van der Waals surface area contributed by atoms with Crippen molar-refractivity contribution in [1.82, 2.24) is 4.72 Å². The van der Waals surface area contributed by atoms with Gasteiger partial charge in [-0.1, -0.05) is 0 Å². The van der Waals surface area contributed by atoms with Crippen LogP contribution in [0.5, 0.6) is 0 Å². The smallest absolute Gasteiger partial charge is 0.311 e. The number of thiophene rings is 1. The number of esters is 1. The molecule has 0 radical (unpaired) electrons. The molecule has 1 aromatic heterocycles. The van der Waals surface area contributed by atoms with Gasteiger partial charge in [0, 0.05) is 4.88 Å². The van der Waals surface area contributed by atoms with Crippen LogP contribution < -0.4 is 4.72 Å². The maximum atomic E-state index is 12.5. The topological polar surface area (TPSA) is 55.4 Å². The zero-order valence-electron chi connectivity index (χ0n) is 14.1. The van der Waals surface area contributed by atoms with Gasteiger partial charge in [0.25, 0.3) is 0 Å². The van der Waals surface area contributed by atoms with Gasteiger partial charge in [-0.2, -0.15) is 0 Å². The molecule has 124 valence electrons. The summed E-state index contributed by atoms with van der Waals surface area (Å²) < 4.78 is 20.8. The van der Waals surface area contributed by atoms with Crippen molar-refractivity contribution >= 4 is 28.3 Å². The number of carbonyl (C=O) groups excluding carboxylic acids is 1. The summed E-state index contributed by atoms with van der Waals surface area (Å²) in [6, 6.07) is 1.78. The van der Waals surface area contributed by atoms with E-state index in [1.54, 1.807) is 11.3 Å². The van der Waals surface area contributed by atoms with Crippen LogP contribution in [0.1, 0.15) is 58.0 Å². The van der Waals surface area contributed by atoms with E-state index in [4.69, 9.17) is 4.74 Å². The lowest BCUT2D eigenvalue weighted by Crippen LogP contribution is -2.40. The average Bonchev–Trinajstić information content (AvgIpc) is 2.87. The van der Waals surface area contributed by atoms with Gasteiger partial charge in [-0.15, -0.1) is 11.3 Å². The molecule has 6 heteroatoms. The van der Waals surface area contributed by atoms with Crippen LogP contribution in [0.15, 0.2) is 11.4 Å². The number of hydrogen-bond donors (Lipinski definition) is 1. The maximum Gasteiger partial charge on any atom is 0.311 e. The first-order chi connectivity index (χ1) is 9.99. The second-order valence-corrected chi connectivity index (χ2v) is 10.6. The van der Waals surface area contributed by atoms with Gasteiger partial charge in [0.05, 0.1) is 27.7 Å². The van der Waals surface area contributed by atoms with Gasteiger partial charge >= 0.3 is 5.97 Å². The lowest BCUT2D eigenvalue weighted by Gasteiger charge is -2.27. The summed E-state index contributed by atoms with van der Waals surface area (Å²) in [6.07, 6.45) is 0.654. The third-order valence-corrected chi connectivity index (χ3v) is 5.96. The lowest BCUT2D eigenvalue weighted by molar-refractivity contribution is -0.160. The summed E-state index contributed by atoms with van der Waals surface area (Å²) in [6.45, 7) is 11.4. The summed E-state index contributed by atoms with van der Waals surface area (Å²) in [7, 11) is -1.23. The molecular weight excluding hydrogens is 318 g/mol. The van der Waals surface area contributed by atoms with E-state index < -0.39 is 16.6 Å². The predicted molar refractivity (Wildman–Crippen MR) is 91.1 cm³/mol. The minimum absolute atomic E-state index is 0.223. The highest BCUT2D eigenvalue weighted by Gasteiger charge is 2.42. The number of fused-ring (bicyclic) bond motifs is 1. The molecular formula is C16H25NO3S2. The first-order valence-electron chi connectivity index (χ1n) is 7.46. The predicted octanol–water partition coefficient (Wildman–Crippen LogP) is 3.36. The molecule has 0 aliphatic heterocycles. The Hall–Kier alpha value is -0.720. The quantitative estimate of drug-likeness (QED) is 0.856. The fourth-order valence-electron chi connectivity index (χ4n) is 2.36. The third-order valence-electron chi connectivity index (χ3n) is 3.42. The fourth-order valence-corrected chi connectivity index (χ4v) is 4.22. The van der Waals surface area contributed by atoms with Crippen molar-refractivity contribution < 1.29 is 13.7 Å². The minimum atomic E-state index is -1.23. The van der Waals surface area contributed by atoms with Gasteiger partial charge in [0.15, 0.2) is 0 Å². The molecule has 1 aliphatic rings. The summed E-state index contributed by atoms with van der Waals surface area (Å²) in [5.41, 5.74) is 0.569. The van der Waals surface area contributed by atoms with Gasteiger partial charge in [-0.25, -0.2) is 8.93 Å². The second-order valence-electron chi connectivity index (χ2n) is 7.62. The zero-order valence-corrected chi connectivity index (χ0v) is 15.7. The lowest BCUT2D eigenvalue weighted by atomic mass is 10.0. The first-order valence-corrected chi connectivity index (χ1v) is 9.49. The van der Waals surface area contributed by atoms with Crippen LogP contribution in [0.3, 0.4) is 0 Å². The van der Waals surface area contributed by atoms with Crippen LogP contribution in [0.2, 0.25) is 0 Å². The molecule has 0 saturated carbocycles. The van der Waals surface area contributed by atoms with E-state index in [1.165, 1.54) is 4.88 Å². The van der Waals surface area contributed by atoms with Gasteiger partial charge in [-0.05, 0) is 65.0 Å². The van der Waals surface area contributed by atoms with Gasteiger partial charge in [0.1, 0.15) is 5.60 Å². The summed E-state index contributed by atoms with van der Waals surface area (Å²) in [5.74, 6) is -0.535. The molecule has 0 unspecified atom stereocenters. The standard InChI is InChI=1S/C16H25NO3S2/c1-15(2,3)20-14(18)11-9-12-10(7-8-21-12)13(11)17-22(19)16(4,5)6/h7-8,11,13,17H,9H2,1-6H3/t11-,13-,22+/m1/s1. The molecule has 1 aliphatic carbocycles. The number of carbonyl (C=O) groups is 1. The largest absolute Gasteiger partial charge is 0.460 e. The fraction of sp³-hybridized carbons (Fsp3) is 0.688. The molecule has 22 heavy (non-hydrogen) atoms. The second kappa shape index (κ2) is 6.06. The number of rotatable bonds is 3. The highest BCUT2D eigenvalue weighted by Crippen LogP contribution is 2.41. The van der Waals surface area contributed by atoms with Crippen molar-refractivity contribution in [3.63, 3.8) is 0 Å². The number of nitrogens with one attached hydrogen (secondary N) is 1. The normalized spacial score (nSPS) is 23.2. The van der Waals surface area contributed by atoms with Crippen molar-refractivity contribution in [3.8, 4) is 0 Å². The number of hydrogen-bond acceptors (Lipinski definition) is 4. The van der Waals surface area contributed by atoms with Gasteiger partial charge in [0.2, 0.25) is 0 Å². The van der Waals surface area contributed by atoms with Crippen molar-refractivity contribution in [2.45, 2.75) is 64.4 Å². The van der Waals surface area contributed by atoms with E-state index in [0.717, 1.165) is 5.56 Å². The molecule has 0 amide bonds. The van der Waals surface area contributed by atoms with Crippen LogP contribution in [-0.4, -0.2) is 20.5 Å². The Balaban J connectivity index is 2.21. The van der Waals surface area contributed by atoms with Crippen LogP contribution in [-0.2, 0) is 26.9 Å². The van der Waals surface area contributed by atoms with E-state index in [9.17, 15) is 9.00 Å². The Bertz CT molecular complexity index is 581. The average molecular weight is 344 g/mol. The molecule has 0 saturated heterocycles. The monoisotopic (exact) mass is 343 g/mol. The SMILES string of the molecule is CC(C)(C)OC(=O)[C@@H]1Cc2sccc2[C@H]1N[S@@](=O)C(C)(C)C. The van der Waals surface area contributed by atoms with Crippen molar-refractivity contribution in [2.24, 2.45) is 5.92 Å². The molecule has 0 aromatic carbocycles. The Morgan fingerprint density at radius 2 is 1.95 bits per heavy atom. The molecule has 1 aromatic rings. The minimum Gasteiger partial charge on any atom is -0.460 e. The molecule has 0 bridgehead atoms. The van der Waals surface area contributed by atoms with Crippen LogP contribution in [0, 0.1) is 5.92 Å². The molecule has 0 spiro atoms. The Kier molecular flexibility index (Phi) is 4.85. The van der Waals surface area contributed by atoms with E-state index in [1.807, 2.05) is 53.0 Å². The van der Waals surface area contributed by atoms with Crippen molar-refractivity contribution in [2.75, 3.05) is 0 Å². The molecule has 1 heterocycles. The van der Waals surface area contributed by atoms with E-state index in [2.05, 4.69) is 4.72 Å². The summed E-state index contributed by atoms with van der Waals surface area (Å²) in [5, 5.41) is 2.02. The Labute approximate surface area is 139 Å². The highest BCUT2D eigenvalue weighted by molar-refractivity contribution is 7.84. The van der Waals surface area contributed by atoms with E-state index in [0.29, 0.717) is 6.42 Å². The maximum absolute atomic E-state index is 12.5. The van der Waals surface area contributed by atoms with Crippen molar-refractivity contribution in [3.05, 3.63) is 21.9 Å². The molecule has 0 fully saturated rings. The van der Waals surface area contributed by atoms with Crippen LogP contribution in [0.25, 0.3) is 0 Å².